The summed E-state index contributed by atoms with van der Waals surface area (Å²) in [6.07, 6.45) is 4.05. The molecule has 0 bridgehead atoms. The lowest BCUT2D eigenvalue weighted by atomic mass is 9.87. The van der Waals surface area contributed by atoms with Crippen LogP contribution < -0.4 is 10.1 Å². The molecule has 1 aromatic heterocycles. The first-order chi connectivity index (χ1) is 12.4. The van der Waals surface area contributed by atoms with Crippen LogP contribution in [0.1, 0.15) is 24.4 Å². The fraction of sp³-hybridized carbons (Fsp3) is 0.316. The lowest BCUT2D eigenvalue weighted by Gasteiger charge is -2.30. The van der Waals surface area contributed by atoms with Crippen LogP contribution in [0.4, 0.5) is 0 Å². The summed E-state index contributed by atoms with van der Waals surface area (Å²) >= 11 is 0. The van der Waals surface area contributed by atoms with Gasteiger partial charge in [0.1, 0.15) is 17.8 Å². The maximum absolute atomic E-state index is 5.89. The number of rotatable bonds is 5. The Balaban J connectivity index is 1.57. The van der Waals surface area contributed by atoms with Crippen LogP contribution in [0.15, 0.2) is 60.9 Å². The van der Waals surface area contributed by atoms with Gasteiger partial charge in [-0.1, -0.05) is 30.3 Å². The van der Waals surface area contributed by atoms with Gasteiger partial charge in [0, 0.05) is 6.54 Å². The van der Waals surface area contributed by atoms with Gasteiger partial charge in [-0.25, -0.2) is 4.68 Å². The van der Waals surface area contributed by atoms with Crippen LogP contribution >= 0.6 is 0 Å². The number of benzene rings is 2. The van der Waals surface area contributed by atoms with Crippen molar-refractivity contribution >= 4 is 0 Å². The zero-order chi connectivity index (χ0) is 16.9. The number of hydrogen-bond donors (Lipinski definition) is 1. The second-order valence-electron chi connectivity index (χ2n) is 6.33. The van der Waals surface area contributed by atoms with Gasteiger partial charge < -0.3 is 10.1 Å². The highest BCUT2D eigenvalue weighted by molar-refractivity contribution is 5.34. The summed E-state index contributed by atoms with van der Waals surface area (Å²) in [7, 11) is 0. The average Bonchev–Trinajstić information content (AvgIpc) is 3.19. The standard InChI is InChI=1S/C19H21N5O/c1-2-6-17(7-3-1)25-18-10-8-15(9-11-18)19(24-14-21-22-23-24)16-5-4-12-20-13-16/h1-3,6-11,14,16,19-20H,4-5,12-13H2/t16-,19+/m0/s1. The van der Waals surface area contributed by atoms with Gasteiger partial charge in [0.2, 0.25) is 0 Å². The van der Waals surface area contributed by atoms with E-state index in [0.29, 0.717) is 5.92 Å². The lowest BCUT2D eigenvalue weighted by Crippen LogP contribution is -2.36. The molecular formula is C19H21N5O. The van der Waals surface area contributed by atoms with Crippen molar-refractivity contribution in [1.82, 2.24) is 25.5 Å². The molecule has 6 nitrogen and oxygen atoms in total. The third kappa shape index (κ3) is 3.69. The minimum atomic E-state index is 0.133. The van der Waals surface area contributed by atoms with Crippen LogP contribution in [0.25, 0.3) is 0 Å². The summed E-state index contributed by atoms with van der Waals surface area (Å²) in [5.41, 5.74) is 1.20. The summed E-state index contributed by atoms with van der Waals surface area (Å²) in [4.78, 5) is 0. The van der Waals surface area contributed by atoms with E-state index in [1.54, 1.807) is 6.33 Å². The highest BCUT2D eigenvalue weighted by Gasteiger charge is 2.27. The largest absolute Gasteiger partial charge is 0.457 e. The minimum Gasteiger partial charge on any atom is -0.457 e. The highest BCUT2D eigenvalue weighted by Crippen LogP contribution is 2.32. The van der Waals surface area contributed by atoms with Gasteiger partial charge >= 0.3 is 0 Å². The Morgan fingerprint density at radius 3 is 2.52 bits per heavy atom. The normalized spacial score (nSPS) is 18.6. The molecule has 0 saturated carbocycles. The monoisotopic (exact) mass is 335 g/mol. The quantitative estimate of drug-likeness (QED) is 0.776. The van der Waals surface area contributed by atoms with Crippen molar-refractivity contribution in [3.8, 4) is 11.5 Å². The Labute approximate surface area is 146 Å². The maximum atomic E-state index is 5.89. The number of para-hydroxylation sites is 1. The first kappa shape index (κ1) is 15.8. The van der Waals surface area contributed by atoms with E-state index in [-0.39, 0.29) is 6.04 Å². The summed E-state index contributed by atoms with van der Waals surface area (Å²) < 4.78 is 7.76. The maximum Gasteiger partial charge on any atom is 0.138 e. The number of piperidine rings is 1. The molecule has 1 aliphatic heterocycles. The molecule has 128 valence electrons. The van der Waals surface area contributed by atoms with Gasteiger partial charge in [0.25, 0.3) is 0 Å². The van der Waals surface area contributed by atoms with Crippen LogP contribution in [0.3, 0.4) is 0 Å². The van der Waals surface area contributed by atoms with E-state index >= 15 is 0 Å². The molecule has 1 N–H and O–H groups in total. The van der Waals surface area contributed by atoms with E-state index in [0.717, 1.165) is 24.6 Å². The molecule has 1 aliphatic rings. The van der Waals surface area contributed by atoms with Gasteiger partial charge in [0.15, 0.2) is 0 Å². The number of aromatic nitrogens is 4. The molecule has 25 heavy (non-hydrogen) atoms. The molecule has 0 amide bonds. The molecule has 4 rings (SSSR count). The van der Waals surface area contributed by atoms with Crippen molar-refractivity contribution in [2.45, 2.75) is 18.9 Å². The molecule has 2 aromatic carbocycles. The Kier molecular flexibility index (Phi) is 4.70. The number of nitrogens with zero attached hydrogens (tertiary/aromatic N) is 4. The van der Waals surface area contributed by atoms with Crippen molar-refractivity contribution in [2.75, 3.05) is 13.1 Å². The molecule has 2 atom stereocenters. The molecule has 0 aliphatic carbocycles. The van der Waals surface area contributed by atoms with E-state index in [1.807, 2.05) is 47.1 Å². The van der Waals surface area contributed by atoms with E-state index < -0.39 is 0 Å². The summed E-state index contributed by atoms with van der Waals surface area (Å²) in [5, 5.41) is 15.3. The molecule has 3 aromatic rings. The average molecular weight is 335 g/mol. The molecular weight excluding hydrogens is 314 g/mol. The Bertz CT molecular complexity index is 767. The fourth-order valence-corrected chi connectivity index (χ4v) is 3.44. The molecule has 0 spiro atoms. The third-order valence-corrected chi connectivity index (χ3v) is 4.63. The van der Waals surface area contributed by atoms with Crippen LogP contribution in [0.2, 0.25) is 0 Å². The van der Waals surface area contributed by atoms with Crippen LogP contribution in [0.5, 0.6) is 11.5 Å². The van der Waals surface area contributed by atoms with Crippen molar-refractivity contribution in [2.24, 2.45) is 5.92 Å². The molecule has 0 radical (unpaired) electrons. The van der Waals surface area contributed by atoms with Gasteiger partial charge in [-0.05, 0) is 65.6 Å². The second-order valence-corrected chi connectivity index (χ2v) is 6.33. The summed E-state index contributed by atoms with van der Waals surface area (Å²) in [6, 6.07) is 18.2. The predicted octanol–water partition coefficient (Wildman–Crippen LogP) is 3.05. The van der Waals surface area contributed by atoms with Crippen LogP contribution in [-0.4, -0.2) is 33.3 Å². The van der Waals surface area contributed by atoms with Gasteiger partial charge in [-0.15, -0.1) is 5.10 Å². The molecule has 6 heteroatoms. The Morgan fingerprint density at radius 1 is 1.04 bits per heavy atom. The van der Waals surface area contributed by atoms with E-state index in [2.05, 4.69) is 33.0 Å². The third-order valence-electron chi connectivity index (χ3n) is 4.63. The van der Waals surface area contributed by atoms with E-state index in [9.17, 15) is 0 Å². The first-order valence-corrected chi connectivity index (χ1v) is 8.66. The van der Waals surface area contributed by atoms with Crippen LogP contribution in [-0.2, 0) is 0 Å². The van der Waals surface area contributed by atoms with E-state index in [4.69, 9.17) is 4.74 Å². The van der Waals surface area contributed by atoms with Gasteiger partial charge in [-0.2, -0.15) is 0 Å². The summed E-state index contributed by atoms with van der Waals surface area (Å²) in [5.74, 6) is 2.13. The molecule has 0 unspecified atom stereocenters. The lowest BCUT2D eigenvalue weighted by molar-refractivity contribution is 0.278. The first-order valence-electron chi connectivity index (χ1n) is 8.66. The number of hydrogen-bond acceptors (Lipinski definition) is 5. The van der Waals surface area contributed by atoms with Gasteiger partial charge in [0.05, 0.1) is 6.04 Å². The zero-order valence-electron chi connectivity index (χ0n) is 14.0. The van der Waals surface area contributed by atoms with Crippen molar-refractivity contribution in [1.29, 1.82) is 0 Å². The molecule has 1 fully saturated rings. The fourth-order valence-electron chi connectivity index (χ4n) is 3.44. The Morgan fingerprint density at radius 2 is 1.84 bits per heavy atom. The highest BCUT2D eigenvalue weighted by atomic mass is 16.5. The van der Waals surface area contributed by atoms with Crippen molar-refractivity contribution in [3.05, 3.63) is 66.5 Å². The van der Waals surface area contributed by atoms with Gasteiger partial charge in [-0.3, -0.25) is 0 Å². The number of tetrazole rings is 1. The topological polar surface area (TPSA) is 64.9 Å². The summed E-state index contributed by atoms with van der Waals surface area (Å²) in [6.45, 7) is 2.06. The predicted molar refractivity (Wildman–Crippen MR) is 94.5 cm³/mol. The SMILES string of the molecule is c1ccc(Oc2ccc([C@H]([C@H]3CCCNC3)n3cnnn3)cc2)cc1. The smallest absolute Gasteiger partial charge is 0.138 e. The van der Waals surface area contributed by atoms with Crippen LogP contribution in [0, 0.1) is 5.92 Å². The second kappa shape index (κ2) is 7.44. The van der Waals surface area contributed by atoms with Crippen molar-refractivity contribution < 1.29 is 4.74 Å². The molecule has 2 heterocycles. The Hall–Kier alpha value is -2.73. The zero-order valence-corrected chi connectivity index (χ0v) is 14.0. The number of ether oxygens (including phenoxy) is 1. The van der Waals surface area contributed by atoms with E-state index in [1.165, 1.54) is 18.4 Å². The number of nitrogens with one attached hydrogen (secondary N) is 1. The minimum absolute atomic E-state index is 0.133. The molecule has 1 saturated heterocycles. The van der Waals surface area contributed by atoms with Crippen molar-refractivity contribution in [3.63, 3.8) is 0 Å².